The minimum absolute atomic E-state index is 0.123. The van der Waals surface area contributed by atoms with E-state index < -0.39 is 0 Å². The summed E-state index contributed by atoms with van der Waals surface area (Å²) in [6.07, 6.45) is 0.314. The molecule has 2 rings (SSSR count). The van der Waals surface area contributed by atoms with Gasteiger partial charge in [-0.3, -0.25) is 4.79 Å². The van der Waals surface area contributed by atoms with Crippen molar-refractivity contribution in [2.75, 3.05) is 32.7 Å². The Morgan fingerprint density at radius 2 is 1.68 bits per heavy atom. The molecular weight excluding hydrogens is 276 g/mol. The van der Waals surface area contributed by atoms with E-state index in [9.17, 15) is 4.79 Å². The third kappa shape index (κ3) is 4.23. The SMILES string of the molecule is CCC(Oc1cc(C)cc(C)c1)C(=O)N1CCN(CC)CC1. The fourth-order valence-electron chi connectivity index (χ4n) is 2.96. The molecule has 0 aromatic heterocycles. The topological polar surface area (TPSA) is 32.8 Å². The second-order valence-electron chi connectivity index (χ2n) is 6.10. The van der Waals surface area contributed by atoms with E-state index in [0.29, 0.717) is 6.42 Å². The minimum atomic E-state index is -0.380. The molecule has 1 amide bonds. The lowest BCUT2D eigenvalue weighted by Crippen LogP contribution is -2.52. The van der Waals surface area contributed by atoms with E-state index >= 15 is 0 Å². The van der Waals surface area contributed by atoms with Crippen molar-refractivity contribution >= 4 is 5.91 Å². The molecule has 1 saturated heterocycles. The first-order valence-corrected chi connectivity index (χ1v) is 8.29. The van der Waals surface area contributed by atoms with Gasteiger partial charge in [0.15, 0.2) is 6.10 Å². The minimum Gasteiger partial charge on any atom is -0.481 e. The number of hydrogen-bond acceptors (Lipinski definition) is 3. The Labute approximate surface area is 134 Å². The van der Waals surface area contributed by atoms with E-state index in [4.69, 9.17) is 4.74 Å². The molecule has 1 aliphatic rings. The summed E-state index contributed by atoms with van der Waals surface area (Å²) in [6.45, 7) is 12.9. The first-order chi connectivity index (χ1) is 10.5. The molecule has 4 nitrogen and oxygen atoms in total. The van der Waals surface area contributed by atoms with Crippen LogP contribution in [0.4, 0.5) is 0 Å². The van der Waals surface area contributed by atoms with E-state index in [0.717, 1.165) is 49.6 Å². The number of ether oxygens (including phenoxy) is 1. The number of hydrogen-bond donors (Lipinski definition) is 0. The van der Waals surface area contributed by atoms with Crippen LogP contribution in [0.2, 0.25) is 0 Å². The molecule has 0 aliphatic carbocycles. The average molecular weight is 304 g/mol. The quantitative estimate of drug-likeness (QED) is 0.838. The number of carbonyl (C=O) groups is 1. The molecule has 0 bridgehead atoms. The highest BCUT2D eigenvalue weighted by atomic mass is 16.5. The third-order valence-electron chi connectivity index (χ3n) is 4.25. The van der Waals surface area contributed by atoms with Crippen LogP contribution in [0, 0.1) is 13.8 Å². The lowest BCUT2D eigenvalue weighted by Gasteiger charge is -2.35. The van der Waals surface area contributed by atoms with Crippen LogP contribution in [0.5, 0.6) is 5.75 Å². The lowest BCUT2D eigenvalue weighted by atomic mass is 10.1. The van der Waals surface area contributed by atoms with Gasteiger partial charge in [-0.2, -0.15) is 0 Å². The first kappa shape index (κ1) is 16.8. The largest absolute Gasteiger partial charge is 0.481 e. The fraction of sp³-hybridized carbons (Fsp3) is 0.611. The van der Waals surface area contributed by atoms with E-state index in [1.165, 1.54) is 0 Å². The monoisotopic (exact) mass is 304 g/mol. The van der Waals surface area contributed by atoms with Gasteiger partial charge in [-0.25, -0.2) is 0 Å². The van der Waals surface area contributed by atoms with E-state index in [1.807, 2.05) is 37.8 Å². The summed E-state index contributed by atoms with van der Waals surface area (Å²) >= 11 is 0. The highest BCUT2D eigenvalue weighted by Gasteiger charge is 2.27. The molecule has 1 aliphatic heterocycles. The van der Waals surface area contributed by atoms with Crippen LogP contribution in [0.15, 0.2) is 18.2 Å². The Balaban J connectivity index is 2.00. The highest BCUT2D eigenvalue weighted by molar-refractivity contribution is 5.81. The van der Waals surface area contributed by atoms with Crippen molar-refractivity contribution < 1.29 is 9.53 Å². The summed E-state index contributed by atoms with van der Waals surface area (Å²) in [6, 6.07) is 6.11. The molecule has 0 N–H and O–H groups in total. The normalized spacial score (nSPS) is 17.4. The maximum absolute atomic E-state index is 12.7. The number of piperazine rings is 1. The summed E-state index contributed by atoms with van der Waals surface area (Å²) in [5, 5.41) is 0. The van der Waals surface area contributed by atoms with Gasteiger partial charge in [0.2, 0.25) is 0 Å². The summed E-state index contributed by atoms with van der Waals surface area (Å²) in [5.74, 6) is 0.919. The van der Waals surface area contributed by atoms with Crippen molar-refractivity contribution in [2.24, 2.45) is 0 Å². The van der Waals surface area contributed by atoms with Crippen molar-refractivity contribution in [3.63, 3.8) is 0 Å². The maximum Gasteiger partial charge on any atom is 0.263 e. The lowest BCUT2D eigenvalue weighted by molar-refractivity contribution is -0.140. The van der Waals surface area contributed by atoms with Crippen molar-refractivity contribution in [3.8, 4) is 5.75 Å². The molecule has 1 fully saturated rings. The Hall–Kier alpha value is -1.55. The molecule has 122 valence electrons. The number of rotatable bonds is 5. The third-order valence-corrected chi connectivity index (χ3v) is 4.25. The smallest absolute Gasteiger partial charge is 0.263 e. The molecule has 1 aromatic carbocycles. The molecule has 0 radical (unpaired) electrons. The Kier molecular flexibility index (Phi) is 5.83. The Morgan fingerprint density at radius 1 is 1.09 bits per heavy atom. The number of benzene rings is 1. The van der Waals surface area contributed by atoms with Gasteiger partial charge in [0.25, 0.3) is 5.91 Å². The Morgan fingerprint density at radius 3 is 2.18 bits per heavy atom. The summed E-state index contributed by atoms with van der Waals surface area (Å²) in [4.78, 5) is 17.0. The average Bonchev–Trinajstić information content (AvgIpc) is 2.51. The molecule has 22 heavy (non-hydrogen) atoms. The van der Waals surface area contributed by atoms with Crippen LogP contribution >= 0.6 is 0 Å². The van der Waals surface area contributed by atoms with Gasteiger partial charge in [-0.1, -0.05) is 19.9 Å². The zero-order valence-electron chi connectivity index (χ0n) is 14.3. The molecule has 0 saturated carbocycles. The second-order valence-corrected chi connectivity index (χ2v) is 6.10. The number of likely N-dealkylation sites (N-methyl/N-ethyl adjacent to an activating group) is 1. The molecule has 1 aromatic rings. The summed E-state index contributed by atoms with van der Waals surface area (Å²) in [5.41, 5.74) is 2.32. The first-order valence-electron chi connectivity index (χ1n) is 8.29. The molecule has 4 heteroatoms. The number of amides is 1. The van der Waals surface area contributed by atoms with Crippen LogP contribution in [-0.2, 0) is 4.79 Å². The van der Waals surface area contributed by atoms with Gasteiger partial charge in [0, 0.05) is 26.2 Å². The molecule has 0 spiro atoms. The predicted octanol–water partition coefficient (Wildman–Crippen LogP) is 2.62. The van der Waals surface area contributed by atoms with Gasteiger partial charge < -0.3 is 14.5 Å². The van der Waals surface area contributed by atoms with E-state index in [2.05, 4.69) is 17.9 Å². The molecule has 1 heterocycles. The van der Waals surface area contributed by atoms with Crippen molar-refractivity contribution in [1.29, 1.82) is 0 Å². The van der Waals surface area contributed by atoms with Crippen LogP contribution < -0.4 is 4.74 Å². The maximum atomic E-state index is 12.7. The van der Waals surface area contributed by atoms with Gasteiger partial charge in [0.05, 0.1) is 0 Å². The zero-order chi connectivity index (χ0) is 16.1. The van der Waals surface area contributed by atoms with Crippen LogP contribution in [0.3, 0.4) is 0 Å². The fourth-order valence-corrected chi connectivity index (χ4v) is 2.96. The van der Waals surface area contributed by atoms with Crippen molar-refractivity contribution in [2.45, 2.75) is 40.2 Å². The highest BCUT2D eigenvalue weighted by Crippen LogP contribution is 2.19. The summed E-state index contributed by atoms with van der Waals surface area (Å²) < 4.78 is 5.99. The Bertz CT molecular complexity index is 488. The predicted molar refractivity (Wildman–Crippen MR) is 89.3 cm³/mol. The van der Waals surface area contributed by atoms with Crippen LogP contribution in [-0.4, -0.2) is 54.5 Å². The number of aryl methyl sites for hydroxylation is 2. The van der Waals surface area contributed by atoms with Crippen LogP contribution in [0.1, 0.15) is 31.4 Å². The summed E-state index contributed by atoms with van der Waals surface area (Å²) in [7, 11) is 0. The standard InChI is InChI=1S/C18H28N2O2/c1-5-17(22-16-12-14(3)11-15(4)13-16)18(21)20-9-7-19(6-2)8-10-20/h11-13,17H,5-10H2,1-4H3. The van der Waals surface area contributed by atoms with Crippen LogP contribution in [0.25, 0.3) is 0 Å². The van der Waals surface area contributed by atoms with E-state index in [1.54, 1.807) is 0 Å². The number of nitrogens with zero attached hydrogens (tertiary/aromatic N) is 2. The second kappa shape index (κ2) is 7.63. The van der Waals surface area contributed by atoms with Gasteiger partial charge in [-0.15, -0.1) is 0 Å². The van der Waals surface area contributed by atoms with Gasteiger partial charge >= 0.3 is 0 Å². The molecule has 1 unspecified atom stereocenters. The molecule has 1 atom stereocenters. The van der Waals surface area contributed by atoms with E-state index in [-0.39, 0.29) is 12.0 Å². The zero-order valence-corrected chi connectivity index (χ0v) is 14.3. The molecular formula is C18H28N2O2. The van der Waals surface area contributed by atoms with Gasteiger partial charge in [-0.05, 0) is 50.1 Å². The van der Waals surface area contributed by atoms with Crippen molar-refractivity contribution in [1.82, 2.24) is 9.80 Å². The van der Waals surface area contributed by atoms with Crippen molar-refractivity contribution in [3.05, 3.63) is 29.3 Å². The van der Waals surface area contributed by atoms with Gasteiger partial charge in [0.1, 0.15) is 5.75 Å². The number of carbonyl (C=O) groups excluding carboxylic acids is 1.